The van der Waals surface area contributed by atoms with Crippen molar-refractivity contribution in [2.24, 2.45) is 0 Å². The molecule has 0 unspecified atom stereocenters. The second-order valence-corrected chi connectivity index (χ2v) is 8.86. The number of benzene rings is 2. The molecule has 0 radical (unpaired) electrons. The van der Waals surface area contributed by atoms with E-state index < -0.39 is 0 Å². The molecule has 0 atom stereocenters. The van der Waals surface area contributed by atoms with Gasteiger partial charge in [0.25, 0.3) is 11.8 Å². The minimum atomic E-state index is -0.153. The maximum atomic E-state index is 12.4. The molecule has 3 heterocycles. The normalized spacial score (nSPS) is 18.0. The largest absolute Gasteiger partial charge is 0.303 e. The van der Waals surface area contributed by atoms with E-state index in [9.17, 15) is 9.59 Å². The summed E-state index contributed by atoms with van der Waals surface area (Å²) >= 11 is 1.82. The lowest BCUT2D eigenvalue weighted by molar-refractivity contribution is 0.0645. The number of carbonyl (C=O) groups is 2. The van der Waals surface area contributed by atoms with E-state index in [4.69, 9.17) is 4.98 Å². The quantitative estimate of drug-likeness (QED) is 0.598. The molecule has 2 amide bonds. The zero-order valence-electron chi connectivity index (χ0n) is 16.2. The molecule has 2 aliphatic rings. The van der Waals surface area contributed by atoms with Crippen molar-refractivity contribution in [2.75, 3.05) is 26.2 Å². The van der Waals surface area contributed by atoms with Crippen LogP contribution in [-0.4, -0.2) is 52.8 Å². The van der Waals surface area contributed by atoms with Crippen molar-refractivity contribution < 1.29 is 9.59 Å². The van der Waals surface area contributed by atoms with Crippen LogP contribution in [0.15, 0.2) is 48.5 Å². The zero-order chi connectivity index (χ0) is 19.8. The minimum Gasteiger partial charge on any atom is -0.303 e. The Labute approximate surface area is 174 Å². The number of likely N-dealkylation sites (tertiary alicyclic amines) is 1. The van der Waals surface area contributed by atoms with Gasteiger partial charge < -0.3 is 4.90 Å². The van der Waals surface area contributed by atoms with Crippen molar-refractivity contribution in [3.63, 3.8) is 0 Å². The van der Waals surface area contributed by atoms with Gasteiger partial charge in [-0.1, -0.05) is 24.3 Å². The van der Waals surface area contributed by atoms with Gasteiger partial charge >= 0.3 is 0 Å². The Morgan fingerprint density at radius 3 is 2.24 bits per heavy atom. The lowest BCUT2D eigenvalue weighted by Gasteiger charge is -2.31. The van der Waals surface area contributed by atoms with E-state index >= 15 is 0 Å². The molecule has 0 aliphatic carbocycles. The van der Waals surface area contributed by atoms with Gasteiger partial charge in [0.2, 0.25) is 0 Å². The molecule has 3 aromatic rings. The van der Waals surface area contributed by atoms with E-state index in [-0.39, 0.29) is 11.8 Å². The first-order valence-electron chi connectivity index (χ1n) is 10.2. The number of amides is 2. The van der Waals surface area contributed by atoms with E-state index in [2.05, 4.69) is 23.1 Å². The third-order valence-electron chi connectivity index (χ3n) is 5.98. The summed E-state index contributed by atoms with van der Waals surface area (Å²) in [5.41, 5.74) is 2.18. The predicted molar refractivity (Wildman–Crippen MR) is 114 cm³/mol. The number of carbonyl (C=O) groups excluding carboxylic acids is 2. The summed E-state index contributed by atoms with van der Waals surface area (Å²) in [6.07, 6.45) is 3.05. The summed E-state index contributed by atoms with van der Waals surface area (Å²) in [4.78, 5) is 33.6. The van der Waals surface area contributed by atoms with E-state index in [0.29, 0.717) is 23.6 Å². The third-order valence-corrected chi connectivity index (χ3v) is 7.18. The molecule has 1 saturated heterocycles. The Hall–Kier alpha value is -2.57. The van der Waals surface area contributed by atoms with E-state index in [1.807, 2.05) is 29.5 Å². The monoisotopic (exact) mass is 405 g/mol. The number of piperidine rings is 1. The number of fused-ring (bicyclic) bond motifs is 2. The van der Waals surface area contributed by atoms with Crippen LogP contribution in [0.3, 0.4) is 0 Å². The molecule has 148 valence electrons. The van der Waals surface area contributed by atoms with Crippen molar-refractivity contribution in [1.29, 1.82) is 0 Å². The SMILES string of the molecule is O=C1c2ccccc2C(=O)N1CCCN1CCC(c2nc3ccccc3s2)CC1. The molecule has 1 aromatic heterocycles. The molecular weight excluding hydrogens is 382 g/mol. The van der Waals surface area contributed by atoms with Crippen LogP contribution in [0.4, 0.5) is 0 Å². The molecule has 1 fully saturated rings. The highest BCUT2D eigenvalue weighted by molar-refractivity contribution is 7.18. The van der Waals surface area contributed by atoms with E-state index in [1.165, 1.54) is 14.6 Å². The van der Waals surface area contributed by atoms with Crippen LogP contribution >= 0.6 is 11.3 Å². The number of imide groups is 1. The van der Waals surface area contributed by atoms with Gasteiger partial charge in [-0.25, -0.2) is 4.98 Å². The van der Waals surface area contributed by atoms with Crippen molar-refractivity contribution in [2.45, 2.75) is 25.2 Å². The molecule has 5 nitrogen and oxygen atoms in total. The van der Waals surface area contributed by atoms with Crippen LogP contribution in [0.2, 0.25) is 0 Å². The fraction of sp³-hybridized carbons (Fsp3) is 0.348. The van der Waals surface area contributed by atoms with Crippen LogP contribution in [0, 0.1) is 0 Å². The molecule has 29 heavy (non-hydrogen) atoms. The predicted octanol–water partition coefficient (Wildman–Crippen LogP) is 4.16. The number of nitrogens with zero attached hydrogens (tertiary/aromatic N) is 3. The fourth-order valence-electron chi connectivity index (χ4n) is 4.36. The smallest absolute Gasteiger partial charge is 0.261 e. The van der Waals surface area contributed by atoms with Crippen LogP contribution in [-0.2, 0) is 0 Å². The molecule has 0 bridgehead atoms. The highest BCUT2D eigenvalue weighted by Crippen LogP contribution is 2.33. The second-order valence-electron chi connectivity index (χ2n) is 7.80. The van der Waals surface area contributed by atoms with E-state index in [0.717, 1.165) is 44.4 Å². The first-order chi connectivity index (χ1) is 14.2. The maximum absolute atomic E-state index is 12.4. The number of hydrogen-bond donors (Lipinski definition) is 0. The topological polar surface area (TPSA) is 53.5 Å². The summed E-state index contributed by atoms with van der Waals surface area (Å²) in [7, 11) is 0. The molecule has 2 aromatic carbocycles. The Morgan fingerprint density at radius 2 is 1.55 bits per heavy atom. The molecule has 2 aliphatic heterocycles. The summed E-state index contributed by atoms with van der Waals surface area (Å²) in [5.74, 6) is 0.236. The number of thiazole rings is 1. The summed E-state index contributed by atoms with van der Waals surface area (Å²) in [6, 6.07) is 15.4. The van der Waals surface area contributed by atoms with Gasteiger partial charge in [0.05, 0.1) is 26.4 Å². The average molecular weight is 406 g/mol. The lowest BCUT2D eigenvalue weighted by atomic mass is 9.97. The van der Waals surface area contributed by atoms with Gasteiger partial charge in [-0.15, -0.1) is 11.3 Å². The van der Waals surface area contributed by atoms with Gasteiger partial charge in [-0.2, -0.15) is 0 Å². The standard InChI is InChI=1S/C23H23N3O2S/c27-22-17-6-1-2-7-18(17)23(28)26(22)13-5-12-25-14-10-16(11-15-25)21-24-19-8-3-4-9-20(19)29-21/h1-4,6-9,16H,5,10-15H2. The minimum absolute atomic E-state index is 0.153. The first-order valence-corrected chi connectivity index (χ1v) is 11.1. The van der Waals surface area contributed by atoms with Crippen molar-refractivity contribution in [1.82, 2.24) is 14.8 Å². The number of aromatic nitrogens is 1. The van der Waals surface area contributed by atoms with Crippen molar-refractivity contribution >= 4 is 33.4 Å². The second kappa shape index (κ2) is 7.69. The number of hydrogen-bond acceptors (Lipinski definition) is 5. The highest BCUT2D eigenvalue weighted by atomic mass is 32.1. The molecular formula is C23H23N3O2S. The van der Waals surface area contributed by atoms with Crippen molar-refractivity contribution in [3.8, 4) is 0 Å². The van der Waals surface area contributed by atoms with Gasteiger partial charge in [-0.3, -0.25) is 14.5 Å². The third kappa shape index (κ3) is 3.47. The Balaban J connectivity index is 1.12. The number of rotatable bonds is 5. The van der Waals surface area contributed by atoms with Crippen LogP contribution in [0.1, 0.15) is 50.9 Å². The summed E-state index contributed by atoms with van der Waals surface area (Å²) in [6.45, 7) is 3.50. The fourth-order valence-corrected chi connectivity index (χ4v) is 5.50. The van der Waals surface area contributed by atoms with Gasteiger partial charge in [-0.05, 0) is 63.2 Å². The molecule has 0 spiro atoms. The summed E-state index contributed by atoms with van der Waals surface area (Å²) in [5, 5.41) is 1.26. The Kier molecular flexibility index (Phi) is 4.89. The van der Waals surface area contributed by atoms with Crippen molar-refractivity contribution in [3.05, 3.63) is 64.7 Å². The van der Waals surface area contributed by atoms with Crippen LogP contribution in [0.25, 0.3) is 10.2 Å². The zero-order valence-corrected chi connectivity index (χ0v) is 17.0. The molecule has 0 N–H and O–H groups in total. The Bertz CT molecular complexity index is 1000. The van der Waals surface area contributed by atoms with Gasteiger partial charge in [0.15, 0.2) is 0 Å². The maximum Gasteiger partial charge on any atom is 0.261 e. The Morgan fingerprint density at radius 1 is 0.897 bits per heavy atom. The van der Waals surface area contributed by atoms with Gasteiger partial charge in [0.1, 0.15) is 0 Å². The molecule has 0 saturated carbocycles. The van der Waals surface area contributed by atoms with Gasteiger partial charge in [0, 0.05) is 12.5 Å². The molecule has 6 heteroatoms. The first kappa shape index (κ1) is 18.5. The van der Waals surface area contributed by atoms with E-state index in [1.54, 1.807) is 12.1 Å². The highest BCUT2D eigenvalue weighted by Gasteiger charge is 2.34. The summed E-state index contributed by atoms with van der Waals surface area (Å²) < 4.78 is 1.27. The van der Waals surface area contributed by atoms with Crippen LogP contribution in [0.5, 0.6) is 0 Å². The van der Waals surface area contributed by atoms with Crippen LogP contribution < -0.4 is 0 Å². The number of para-hydroxylation sites is 1. The lowest BCUT2D eigenvalue weighted by Crippen LogP contribution is -2.37. The average Bonchev–Trinajstić information content (AvgIpc) is 3.30. The molecule has 5 rings (SSSR count).